The number of aliphatic hydroxyl groups is 1. The second-order valence-electron chi connectivity index (χ2n) is 6.74. The molecule has 0 aliphatic carbocycles. The lowest BCUT2D eigenvalue weighted by Gasteiger charge is -2.34. The van der Waals surface area contributed by atoms with Gasteiger partial charge in [0, 0.05) is 25.4 Å². The highest BCUT2D eigenvalue weighted by Crippen LogP contribution is 2.18. The van der Waals surface area contributed by atoms with E-state index in [0.29, 0.717) is 19.7 Å². The molecule has 24 heavy (non-hydrogen) atoms. The van der Waals surface area contributed by atoms with Crippen LogP contribution < -0.4 is 5.56 Å². The van der Waals surface area contributed by atoms with Gasteiger partial charge in [-0.15, -0.1) is 0 Å². The van der Waals surface area contributed by atoms with E-state index in [2.05, 4.69) is 4.90 Å². The van der Waals surface area contributed by atoms with Gasteiger partial charge in [0.05, 0.1) is 19.8 Å². The minimum Gasteiger partial charge on any atom is -0.384 e. The Hall–Kier alpha value is -1.70. The van der Waals surface area contributed by atoms with Crippen LogP contribution in [0.4, 0.5) is 0 Å². The molecule has 1 aromatic rings. The van der Waals surface area contributed by atoms with Gasteiger partial charge in [0.25, 0.3) is 5.56 Å². The molecule has 2 aliphatic rings. The molecule has 2 saturated heterocycles. The second kappa shape index (κ2) is 7.46. The minimum absolute atomic E-state index is 0.0144. The highest BCUT2D eigenvalue weighted by atomic mass is 16.5. The molecule has 2 aliphatic heterocycles. The van der Waals surface area contributed by atoms with E-state index < -0.39 is 5.60 Å². The molecular weight excluding hydrogens is 310 g/mol. The maximum atomic E-state index is 12.6. The number of likely N-dealkylation sites (tertiary alicyclic amines) is 1. The largest absolute Gasteiger partial charge is 0.384 e. The molecule has 0 bridgehead atoms. The van der Waals surface area contributed by atoms with Gasteiger partial charge in [0.1, 0.15) is 12.1 Å². The number of rotatable bonds is 4. The lowest BCUT2D eigenvalue weighted by atomic mass is 10.0. The number of amides is 1. The summed E-state index contributed by atoms with van der Waals surface area (Å²) in [6, 6.07) is 4.81. The van der Waals surface area contributed by atoms with E-state index in [-0.39, 0.29) is 31.2 Å². The van der Waals surface area contributed by atoms with Gasteiger partial charge >= 0.3 is 0 Å². The number of ether oxygens (including phenoxy) is 1. The second-order valence-corrected chi connectivity index (χ2v) is 6.74. The summed E-state index contributed by atoms with van der Waals surface area (Å²) < 4.78 is 6.92. The first-order valence-electron chi connectivity index (χ1n) is 8.51. The predicted molar refractivity (Wildman–Crippen MR) is 88.7 cm³/mol. The summed E-state index contributed by atoms with van der Waals surface area (Å²) in [6.07, 6.45) is 3.90. The first-order chi connectivity index (χ1) is 11.6. The summed E-state index contributed by atoms with van der Waals surface area (Å²) in [6.45, 7) is 3.77. The molecule has 1 N–H and O–H groups in total. The molecule has 3 rings (SSSR count). The fraction of sp³-hybridized carbons (Fsp3) is 0.647. The fourth-order valence-electron chi connectivity index (χ4n) is 3.42. The van der Waals surface area contributed by atoms with Crippen molar-refractivity contribution in [2.45, 2.75) is 25.0 Å². The lowest BCUT2D eigenvalue weighted by molar-refractivity contribution is -0.135. The zero-order chi connectivity index (χ0) is 17.0. The third kappa shape index (κ3) is 4.23. The van der Waals surface area contributed by atoms with Crippen molar-refractivity contribution in [2.75, 3.05) is 45.9 Å². The van der Waals surface area contributed by atoms with Crippen molar-refractivity contribution in [3.8, 4) is 0 Å². The third-order valence-corrected chi connectivity index (χ3v) is 4.64. The van der Waals surface area contributed by atoms with E-state index in [1.807, 2.05) is 0 Å². The average molecular weight is 335 g/mol. The molecule has 1 amide bonds. The Morgan fingerprint density at radius 1 is 1.25 bits per heavy atom. The van der Waals surface area contributed by atoms with Crippen molar-refractivity contribution in [1.29, 1.82) is 0 Å². The van der Waals surface area contributed by atoms with Crippen LogP contribution in [0.25, 0.3) is 0 Å². The quantitative estimate of drug-likeness (QED) is 0.805. The summed E-state index contributed by atoms with van der Waals surface area (Å²) in [5.41, 5.74) is -1.26. The van der Waals surface area contributed by atoms with Gasteiger partial charge in [0.2, 0.25) is 5.91 Å². The number of hydrogen-bond donors (Lipinski definition) is 1. The Labute approximate surface area is 141 Å². The Bertz CT molecular complexity index is 626. The number of nitrogens with zero attached hydrogens (tertiary/aromatic N) is 3. The van der Waals surface area contributed by atoms with Crippen LogP contribution >= 0.6 is 0 Å². The zero-order valence-electron chi connectivity index (χ0n) is 13.9. The Morgan fingerprint density at radius 2 is 2.04 bits per heavy atom. The number of pyridine rings is 1. The zero-order valence-corrected chi connectivity index (χ0v) is 13.9. The first kappa shape index (κ1) is 17.1. The van der Waals surface area contributed by atoms with Crippen LogP contribution in [0.3, 0.4) is 0 Å². The van der Waals surface area contributed by atoms with Gasteiger partial charge in [0.15, 0.2) is 0 Å². The van der Waals surface area contributed by atoms with Crippen molar-refractivity contribution in [1.82, 2.24) is 14.4 Å². The van der Waals surface area contributed by atoms with Crippen LogP contribution in [-0.2, 0) is 16.1 Å². The average Bonchev–Trinajstić information content (AvgIpc) is 2.97. The third-order valence-electron chi connectivity index (χ3n) is 4.64. The molecular formula is C17H25N3O4. The van der Waals surface area contributed by atoms with E-state index in [1.165, 1.54) is 10.6 Å². The monoisotopic (exact) mass is 335 g/mol. The van der Waals surface area contributed by atoms with Crippen LogP contribution in [0, 0.1) is 0 Å². The van der Waals surface area contributed by atoms with E-state index in [4.69, 9.17) is 4.74 Å². The minimum atomic E-state index is -1.06. The van der Waals surface area contributed by atoms with Crippen molar-refractivity contribution in [3.63, 3.8) is 0 Å². The summed E-state index contributed by atoms with van der Waals surface area (Å²) in [4.78, 5) is 28.2. The van der Waals surface area contributed by atoms with Gasteiger partial charge in [-0.25, -0.2) is 0 Å². The maximum Gasteiger partial charge on any atom is 0.250 e. The number of hydrogen-bond acceptors (Lipinski definition) is 5. The van der Waals surface area contributed by atoms with E-state index in [9.17, 15) is 14.7 Å². The van der Waals surface area contributed by atoms with Gasteiger partial charge in [-0.05, 0) is 32.0 Å². The van der Waals surface area contributed by atoms with Crippen LogP contribution in [0.2, 0.25) is 0 Å². The molecule has 7 heteroatoms. The number of carbonyl (C=O) groups excluding carboxylic acids is 1. The summed E-state index contributed by atoms with van der Waals surface area (Å²) in [5, 5.41) is 10.9. The van der Waals surface area contributed by atoms with Crippen LogP contribution in [-0.4, -0.2) is 76.9 Å². The topological polar surface area (TPSA) is 75.0 Å². The molecule has 0 spiro atoms. The molecule has 132 valence electrons. The summed E-state index contributed by atoms with van der Waals surface area (Å²) in [7, 11) is 0. The molecule has 0 aromatic carbocycles. The molecule has 3 heterocycles. The van der Waals surface area contributed by atoms with Crippen molar-refractivity contribution < 1.29 is 14.6 Å². The smallest absolute Gasteiger partial charge is 0.250 e. The molecule has 0 radical (unpaired) electrons. The van der Waals surface area contributed by atoms with E-state index >= 15 is 0 Å². The molecule has 2 fully saturated rings. The highest BCUT2D eigenvalue weighted by molar-refractivity contribution is 5.76. The summed E-state index contributed by atoms with van der Waals surface area (Å²) in [5.74, 6) is -0.173. The van der Waals surface area contributed by atoms with Crippen LogP contribution in [0.5, 0.6) is 0 Å². The number of carbonyl (C=O) groups is 1. The van der Waals surface area contributed by atoms with Crippen molar-refractivity contribution in [3.05, 3.63) is 34.7 Å². The number of aromatic nitrogens is 1. The van der Waals surface area contributed by atoms with Crippen molar-refractivity contribution >= 4 is 5.91 Å². The Kier molecular flexibility index (Phi) is 5.33. The van der Waals surface area contributed by atoms with Gasteiger partial charge in [-0.2, -0.15) is 0 Å². The summed E-state index contributed by atoms with van der Waals surface area (Å²) >= 11 is 0. The molecule has 1 atom stereocenters. The maximum absolute atomic E-state index is 12.6. The van der Waals surface area contributed by atoms with Crippen LogP contribution in [0.15, 0.2) is 29.2 Å². The SMILES string of the molecule is O=C(Cn1ccccc1=O)N1CCOC[C@@](O)(CN2CCCC2)C1. The normalized spacial score (nSPS) is 25.6. The van der Waals surface area contributed by atoms with Crippen molar-refractivity contribution in [2.24, 2.45) is 0 Å². The lowest BCUT2D eigenvalue weighted by Crippen LogP contribution is -2.53. The fourth-order valence-corrected chi connectivity index (χ4v) is 3.42. The number of β-amino-alcohol motifs (C(OH)–C–C–N with tert-alkyl or cyclic N) is 1. The van der Waals surface area contributed by atoms with Gasteiger partial charge in [-0.3, -0.25) is 9.59 Å². The standard InChI is InChI=1S/C17H25N3O4/c21-15-5-1-2-8-19(15)11-16(22)20-9-10-24-14-17(23,13-20)12-18-6-3-4-7-18/h1-2,5,8,23H,3-4,6-7,9-14H2/t17-/m1/s1. The van der Waals surface area contributed by atoms with Gasteiger partial charge in [-0.1, -0.05) is 6.07 Å². The van der Waals surface area contributed by atoms with E-state index in [0.717, 1.165) is 25.9 Å². The van der Waals surface area contributed by atoms with Crippen LogP contribution in [0.1, 0.15) is 12.8 Å². The highest BCUT2D eigenvalue weighted by Gasteiger charge is 2.36. The molecule has 0 saturated carbocycles. The molecule has 7 nitrogen and oxygen atoms in total. The van der Waals surface area contributed by atoms with Gasteiger partial charge < -0.3 is 24.2 Å². The first-order valence-corrected chi connectivity index (χ1v) is 8.51. The molecule has 0 unspecified atom stereocenters. The van der Waals surface area contributed by atoms with E-state index in [1.54, 1.807) is 23.2 Å². The Balaban J connectivity index is 1.66. The Morgan fingerprint density at radius 3 is 2.79 bits per heavy atom. The molecule has 1 aromatic heterocycles. The predicted octanol–water partition coefficient (Wildman–Crippen LogP) is -0.466.